The van der Waals surface area contributed by atoms with E-state index in [4.69, 9.17) is 18.9 Å². The molecular formula is C32H34O8. The van der Waals surface area contributed by atoms with Crippen LogP contribution < -0.4 is 9.47 Å². The molecule has 210 valence electrons. The average Bonchev–Trinajstić information content (AvgIpc) is 3.47. The Morgan fingerprint density at radius 3 is 2.33 bits per heavy atom. The van der Waals surface area contributed by atoms with Crippen molar-refractivity contribution in [2.45, 2.75) is 58.2 Å². The second-order valence-corrected chi connectivity index (χ2v) is 9.86. The number of aryl methyl sites for hydroxylation is 2. The summed E-state index contributed by atoms with van der Waals surface area (Å²) >= 11 is 0. The summed E-state index contributed by atoms with van der Waals surface area (Å²) in [5.41, 5.74) is 3.25. The molecule has 0 heterocycles. The number of phenolic OH excluding ortho intramolecular Hbond substituents is 1. The Hall–Kier alpha value is -4.33. The molecule has 0 saturated heterocycles. The number of ether oxygens (including phenoxy) is 4. The van der Waals surface area contributed by atoms with Crippen molar-refractivity contribution < 1.29 is 38.4 Å². The zero-order valence-electron chi connectivity index (χ0n) is 23.0. The highest BCUT2D eigenvalue weighted by atomic mass is 16.5. The standard InChI is InChI=1S/C32H34O8/c1-20-16-21(8-12-26(20)32(36)38-3)19-39-29-14-9-23(17-22(29)10-15-30(34)37-2)31(35)27-13-11-25(18-28(27)33)40-24-6-4-5-7-24/h8-9,11-14,16-18,24,33H,4-7,10,15,19H2,1-3H3. The highest BCUT2D eigenvalue weighted by molar-refractivity contribution is 6.11. The van der Waals surface area contributed by atoms with Gasteiger partial charge in [-0.2, -0.15) is 0 Å². The zero-order chi connectivity index (χ0) is 28.6. The highest BCUT2D eigenvalue weighted by Crippen LogP contribution is 2.31. The first-order valence-electron chi connectivity index (χ1n) is 13.3. The molecule has 1 saturated carbocycles. The number of hydrogen-bond donors (Lipinski definition) is 1. The molecule has 3 aromatic rings. The average molecular weight is 547 g/mol. The minimum atomic E-state index is -0.405. The number of carbonyl (C=O) groups excluding carboxylic acids is 3. The largest absolute Gasteiger partial charge is 0.507 e. The van der Waals surface area contributed by atoms with Gasteiger partial charge in [0.1, 0.15) is 23.9 Å². The lowest BCUT2D eigenvalue weighted by molar-refractivity contribution is -0.140. The van der Waals surface area contributed by atoms with Crippen LogP contribution in [0.5, 0.6) is 17.2 Å². The van der Waals surface area contributed by atoms with Crippen LogP contribution in [0.1, 0.15) is 75.1 Å². The molecule has 1 aliphatic carbocycles. The number of esters is 2. The highest BCUT2D eigenvalue weighted by Gasteiger charge is 2.20. The third-order valence-electron chi connectivity index (χ3n) is 7.06. The summed E-state index contributed by atoms with van der Waals surface area (Å²) < 4.78 is 21.6. The summed E-state index contributed by atoms with van der Waals surface area (Å²) in [4.78, 5) is 37.1. The Morgan fingerprint density at radius 1 is 0.900 bits per heavy atom. The van der Waals surface area contributed by atoms with E-state index in [1.807, 2.05) is 13.0 Å². The molecular weight excluding hydrogens is 512 g/mol. The predicted octanol–water partition coefficient (Wildman–Crippen LogP) is 5.72. The van der Waals surface area contributed by atoms with Crippen molar-refractivity contribution >= 4 is 17.7 Å². The lowest BCUT2D eigenvalue weighted by Crippen LogP contribution is -2.11. The first-order valence-corrected chi connectivity index (χ1v) is 13.3. The normalized spacial score (nSPS) is 13.1. The summed E-state index contributed by atoms with van der Waals surface area (Å²) in [7, 11) is 2.66. The summed E-state index contributed by atoms with van der Waals surface area (Å²) in [5.74, 6) is -0.241. The lowest BCUT2D eigenvalue weighted by atomic mass is 9.98. The van der Waals surface area contributed by atoms with E-state index >= 15 is 0 Å². The van der Waals surface area contributed by atoms with Crippen LogP contribution in [0.25, 0.3) is 0 Å². The lowest BCUT2D eigenvalue weighted by Gasteiger charge is -2.15. The number of aromatic hydroxyl groups is 1. The smallest absolute Gasteiger partial charge is 0.338 e. The van der Waals surface area contributed by atoms with Crippen molar-refractivity contribution in [1.82, 2.24) is 0 Å². The van der Waals surface area contributed by atoms with Gasteiger partial charge < -0.3 is 24.1 Å². The summed E-state index contributed by atoms with van der Waals surface area (Å²) in [6.07, 6.45) is 4.78. The molecule has 0 aromatic heterocycles. The molecule has 0 aliphatic heterocycles. The van der Waals surface area contributed by atoms with Crippen LogP contribution in [-0.2, 0) is 27.3 Å². The monoisotopic (exact) mass is 546 g/mol. The van der Waals surface area contributed by atoms with Crippen LogP contribution in [0.15, 0.2) is 54.6 Å². The zero-order valence-corrected chi connectivity index (χ0v) is 23.0. The predicted molar refractivity (Wildman–Crippen MR) is 148 cm³/mol. The number of rotatable bonds is 11. The van der Waals surface area contributed by atoms with Gasteiger partial charge in [-0.15, -0.1) is 0 Å². The fourth-order valence-corrected chi connectivity index (χ4v) is 4.84. The van der Waals surface area contributed by atoms with Gasteiger partial charge in [-0.3, -0.25) is 9.59 Å². The molecule has 3 aromatic carbocycles. The van der Waals surface area contributed by atoms with Crippen molar-refractivity contribution in [3.8, 4) is 17.2 Å². The van der Waals surface area contributed by atoms with Crippen molar-refractivity contribution in [2.24, 2.45) is 0 Å². The van der Waals surface area contributed by atoms with E-state index in [2.05, 4.69) is 0 Å². The van der Waals surface area contributed by atoms with Crippen LogP contribution in [0.3, 0.4) is 0 Å². The SMILES string of the molecule is COC(=O)CCc1cc(C(=O)c2ccc(OC3CCCC3)cc2O)ccc1OCc1ccc(C(=O)OC)c(C)c1. The molecule has 0 unspecified atom stereocenters. The van der Waals surface area contributed by atoms with Gasteiger partial charge in [-0.25, -0.2) is 4.79 Å². The van der Waals surface area contributed by atoms with Gasteiger partial charge in [0.05, 0.1) is 31.5 Å². The number of hydrogen-bond acceptors (Lipinski definition) is 8. The molecule has 8 nitrogen and oxygen atoms in total. The molecule has 1 N–H and O–H groups in total. The summed E-state index contributed by atoms with van der Waals surface area (Å²) in [5, 5.41) is 10.6. The maximum absolute atomic E-state index is 13.3. The maximum atomic E-state index is 13.3. The first-order chi connectivity index (χ1) is 19.3. The van der Waals surface area contributed by atoms with Crippen molar-refractivity contribution in [3.05, 3.63) is 88.0 Å². The molecule has 8 heteroatoms. The number of phenols is 1. The van der Waals surface area contributed by atoms with Crippen LogP contribution in [0.2, 0.25) is 0 Å². The van der Waals surface area contributed by atoms with E-state index in [0.717, 1.165) is 36.8 Å². The Morgan fingerprint density at radius 2 is 1.65 bits per heavy atom. The maximum Gasteiger partial charge on any atom is 0.338 e. The van der Waals surface area contributed by atoms with Gasteiger partial charge in [-0.05, 0) is 92.1 Å². The van der Waals surface area contributed by atoms with E-state index in [-0.39, 0.29) is 42.2 Å². The van der Waals surface area contributed by atoms with Gasteiger partial charge in [-0.1, -0.05) is 12.1 Å². The molecule has 4 rings (SSSR count). The van der Waals surface area contributed by atoms with E-state index in [1.165, 1.54) is 20.3 Å². The van der Waals surface area contributed by atoms with Crippen molar-refractivity contribution in [3.63, 3.8) is 0 Å². The summed E-state index contributed by atoms with van der Waals surface area (Å²) in [6, 6.07) is 15.1. The number of ketones is 1. The molecule has 1 fully saturated rings. The van der Waals surface area contributed by atoms with E-state index in [1.54, 1.807) is 42.5 Å². The molecule has 40 heavy (non-hydrogen) atoms. The fourth-order valence-electron chi connectivity index (χ4n) is 4.84. The fraction of sp³-hybridized carbons (Fsp3) is 0.344. The van der Waals surface area contributed by atoms with Crippen LogP contribution in [0.4, 0.5) is 0 Å². The van der Waals surface area contributed by atoms with E-state index in [9.17, 15) is 19.5 Å². The molecule has 0 radical (unpaired) electrons. The molecule has 0 atom stereocenters. The number of benzene rings is 3. The Balaban J connectivity index is 1.53. The van der Waals surface area contributed by atoms with Crippen molar-refractivity contribution in [2.75, 3.05) is 14.2 Å². The summed E-state index contributed by atoms with van der Waals surface area (Å²) in [6.45, 7) is 2.03. The van der Waals surface area contributed by atoms with Gasteiger partial charge in [0.15, 0.2) is 5.78 Å². The van der Waals surface area contributed by atoms with Gasteiger partial charge in [0.2, 0.25) is 0 Å². The second-order valence-electron chi connectivity index (χ2n) is 9.86. The van der Waals surface area contributed by atoms with Crippen LogP contribution in [-0.4, -0.2) is 43.2 Å². The topological polar surface area (TPSA) is 108 Å². The molecule has 0 bridgehead atoms. The van der Waals surface area contributed by atoms with E-state index in [0.29, 0.717) is 34.6 Å². The van der Waals surface area contributed by atoms with Crippen LogP contribution >= 0.6 is 0 Å². The van der Waals surface area contributed by atoms with Crippen LogP contribution in [0, 0.1) is 6.92 Å². The van der Waals surface area contributed by atoms with Gasteiger partial charge in [0, 0.05) is 18.1 Å². The van der Waals surface area contributed by atoms with E-state index < -0.39 is 5.97 Å². The Kier molecular flexibility index (Phi) is 9.43. The number of methoxy groups -OCH3 is 2. The molecule has 0 amide bonds. The van der Waals surface area contributed by atoms with Gasteiger partial charge in [0.25, 0.3) is 0 Å². The molecule has 1 aliphatic rings. The third-order valence-corrected chi connectivity index (χ3v) is 7.06. The molecule has 0 spiro atoms. The Labute approximate surface area is 233 Å². The quantitative estimate of drug-likeness (QED) is 0.240. The minimum Gasteiger partial charge on any atom is -0.507 e. The van der Waals surface area contributed by atoms with Crippen molar-refractivity contribution in [1.29, 1.82) is 0 Å². The minimum absolute atomic E-state index is 0.107. The number of carbonyl (C=O) groups is 3. The third kappa shape index (κ3) is 7.00. The Bertz CT molecular complexity index is 1390. The van der Waals surface area contributed by atoms with Gasteiger partial charge >= 0.3 is 11.9 Å². The first kappa shape index (κ1) is 28.7. The second kappa shape index (κ2) is 13.2.